The highest BCUT2D eigenvalue weighted by Crippen LogP contribution is 2.25. The lowest BCUT2D eigenvalue weighted by molar-refractivity contribution is 0.0946. The molecule has 0 heterocycles. The lowest BCUT2D eigenvalue weighted by Gasteiger charge is -2.11. The van der Waals surface area contributed by atoms with Gasteiger partial charge in [-0.1, -0.05) is 11.6 Å². The first-order valence-corrected chi connectivity index (χ1v) is 11.0. The van der Waals surface area contributed by atoms with Crippen LogP contribution >= 0.6 is 27.5 Å². The second-order valence-electron chi connectivity index (χ2n) is 6.10. The van der Waals surface area contributed by atoms with Gasteiger partial charge < -0.3 is 10.1 Å². The first kappa shape index (κ1) is 20.1. The smallest absolute Gasteiger partial charge is 0.252 e. The molecular weight excluding hydrogens is 456 g/mol. The van der Waals surface area contributed by atoms with Gasteiger partial charge in [-0.25, -0.2) is 13.1 Å². The number of halogens is 2. The molecule has 0 atom stereocenters. The predicted molar refractivity (Wildman–Crippen MR) is 107 cm³/mol. The Hall–Kier alpha value is -1.61. The number of hydrogen-bond donors (Lipinski definition) is 2. The average Bonchev–Trinajstić information content (AvgIpc) is 3.43. The maximum Gasteiger partial charge on any atom is 0.252 e. The number of rotatable bonds is 8. The zero-order chi connectivity index (χ0) is 19.4. The number of hydrogen-bond acceptors (Lipinski definition) is 4. The normalized spacial score (nSPS) is 14.0. The summed E-state index contributed by atoms with van der Waals surface area (Å²) in [5.41, 5.74) is 0.250. The van der Waals surface area contributed by atoms with Crippen molar-refractivity contribution >= 4 is 43.5 Å². The van der Waals surface area contributed by atoms with Crippen molar-refractivity contribution < 1.29 is 17.9 Å². The van der Waals surface area contributed by atoms with Crippen LogP contribution in [-0.4, -0.2) is 33.5 Å². The number of ether oxygens (including phenoxy) is 1. The maximum absolute atomic E-state index is 12.4. The van der Waals surface area contributed by atoms with Gasteiger partial charge in [0, 0.05) is 15.5 Å². The van der Waals surface area contributed by atoms with E-state index < -0.39 is 10.0 Å². The summed E-state index contributed by atoms with van der Waals surface area (Å²) in [6.07, 6.45) is 1.69. The summed E-state index contributed by atoms with van der Waals surface area (Å²) in [5.74, 6) is 0.263. The second-order valence-corrected chi connectivity index (χ2v) is 9.10. The largest absolute Gasteiger partial charge is 0.492 e. The van der Waals surface area contributed by atoms with Crippen LogP contribution in [0.2, 0.25) is 5.02 Å². The minimum absolute atomic E-state index is 0.000870. The van der Waals surface area contributed by atoms with Crippen LogP contribution in [0.3, 0.4) is 0 Å². The Kier molecular flexibility index (Phi) is 6.41. The van der Waals surface area contributed by atoms with Crippen LogP contribution in [0.1, 0.15) is 23.2 Å². The molecule has 2 aromatic carbocycles. The van der Waals surface area contributed by atoms with Crippen molar-refractivity contribution in [1.82, 2.24) is 10.0 Å². The minimum Gasteiger partial charge on any atom is -0.492 e. The molecule has 1 aliphatic carbocycles. The Morgan fingerprint density at radius 2 is 1.89 bits per heavy atom. The monoisotopic (exact) mass is 472 g/mol. The van der Waals surface area contributed by atoms with Crippen molar-refractivity contribution in [2.75, 3.05) is 13.2 Å². The quantitative estimate of drug-likeness (QED) is 0.576. The van der Waals surface area contributed by atoms with E-state index in [9.17, 15) is 13.2 Å². The number of sulfonamides is 1. The van der Waals surface area contributed by atoms with E-state index in [-0.39, 0.29) is 35.6 Å². The number of benzene rings is 2. The van der Waals surface area contributed by atoms with Gasteiger partial charge in [0.05, 0.1) is 17.0 Å². The fourth-order valence-electron chi connectivity index (χ4n) is 2.29. The van der Waals surface area contributed by atoms with Crippen LogP contribution in [0.5, 0.6) is 5.75 Å². The van der Waals surface area contributed by atoms with E-state index in [0.717, 1.165) is 12.8 Å². The molecule has 2 aromatic rings. The van der Waals surface area contributed by atoms with E-state index in [4.69, 9.17) is 16.3 Å². The zero-order valence-corrected chi connectivity index (χ0v) is 17.4. The average molecular weight is 474 g/mol. The second kappa shape index (κ2) is 8.60. The fourth-order valence-corrected chi connectivity index (χ4v) is 4.18. The fraction of sp³-hybridized carbons (Fsp3) is 0.278. The summed E-state index contributed by atoms with van der Waals surface area (Å²) < 4.78 is 33.3. The number of carbonyl (C=O) groups excluding carboxylic acids is 1. The van der Waals surface area contributed by atoms with Gasteiger partial charge in [-0.15, -0.1) is 0 Å². The number of nitrogens with one attached hydrogen (secondary N) is 2. The molecule has 3 rings (SSSR count). The number of amides is 1. The molecule has 9 heteroatoms. The molecule has 0 spiro atoms. The summed E-state index contributed by atoms with van der Waals surface area (Å²) >= 11 is 9.10. The Bertz CT molecular complexity index is 931. The standard InChI is InChI=1S/C18H18BrClN2O4S/c19-17-8-7-15(27(24,25)22-13-3-4-13)11-16(17)18(23)21-9-10-26-14-5-1-12(20)2-6-14/h1-2,5-8,11,13,22H,3-4,9-10H2,(H,21,23). The minimum atomic E-state index is -3.62. The van der Waals surface area contributed by atoms with Gasteiger partial charge in [-0.2, -0.15) is 0 Å². The molecule has 0 aliphatic heterocycles. The molecule has 1 fully saturated rings. The molecule has 144 valence electrons. The molecule has 1 amide bonds. The van der Waals surface area contributed by atoms with Crippen LogP contribution < -0.4 is 14.8 Å². The summed E-state index contributed by atoms with van der Waals surface area (Å²) in [6.45, 7) is 0.539. The molecule has 0 radical (unpaired) electrons. The van der Waals surface area contributed by atoms with Gasteiger partial charge in [0.15, 0.2) is 0 Å². The van der Waals surface area contributed by atoms with E-state index in [1.165, 1.54) is 12.1 Å². The molecular formula is C18H18BrClN2O4S. The molecule has 0 bridgehead atoms. The van der Waals surface area contributed by atoms with Crippen LogP contribution in [0.4, 0.5) is 0 Å². The molecule has 0 saturated heterocycles. The van der Waals surface area contributed by atoms with E-state index >= 15 is 0 Å². The third-order valence-corrected chi connectivity index (χ3v) is 6.32. The number of carbonyl (C=O) groups is 1. The SMILES string of the molecule is O=C(NCCOc1ccc(Cl)cc1)c1cc(S(=O)(=O)NC2CC2)ccc1Br. The third-order valence-electron chi connectivity index (χ3n) is 3.86. The maximum atomic E-state index is 12.4. The summed E-state index contributed by atoms with van der Waals surface area (Å²) in [5, 5.41) is 3.34. The van der Waals surface area contributed by atoms with Gasteiger partial charge in [0.2, 0.25) is 10.0 Å². The van der Waals surface area contributed by atoms with Gasteiger partial charge in [0.25, 0.3) is 5.91 Å². The van der Waals surface area contributed by atoms with E-state index in [0.29, 0.717) is 15.2 Å². The summed E-state index contributed by atoms with van der Waals surface area (Å²) in [6, 6.07) is 11.3. The van der Waals surface area contributed by atoms with Gasteiger partial charge >= 0.3 is 0 Å². The highest BCUT2D eigenvalue weighted by atomic mass is 79.9. The van der Waals surface area contributed by atoms with Gasteiger partial charge in [-0.3, -0.25) is 4.79 Å². The Labute approximate surface area is 171 Å². The Morgan fingerprint density at radius 3 is 2.56 bits per heavy atom. The first-order chi connectivity index (χ1) is 12.8. The Balaban J connectivity index is 1.58. The summed E-state index contributed by atoms with van der Waals surface area (Å²) in [4.78, 5) is 12.5. The van der Waals surface area contributed by atoms with Crippen LogP contribution in [-0.2, 0) is 10.0 Å². The van der Waals surface area contributed by atoms with Crippen molar-refractivity contribution in [2.24, 2.45) is 0 Å². The molecule has 6 nitrogen and oxygen atoms in total. The molecule has 0 unspecified atom stereocenters. The van der Waals surface area contributed by atoms with Gasteiger partial charge in [-0.05, 0) is 71.2 Å². The molecule has 2 N–H and O–H groups in total. The highest BCUT2D eigenvalue weighted by molar-refractivity contribution is 9.10. The molecule has 1 aliphatic rings. The van der Waals surface area contributed by atoms with Crippen molar-refractivity contribution in [3.8, 4) is 5.75 Å². The predicted octanol–water partition coefficient (Wildman–Crippen LogP) is 3.35. The lowest BCUT2D eigenvalue weighted by Crippen LogP contribution is -2.29. The van der Waals surface area contributed by atoms with E-state index in [1.807, 2.05) is 0 Å². The van der Waals surface area contributed by atoms with Crippen molar-refractivity contribution in [3.05, 3.63) is 57.5 Å². The first-order valence-electron chi connectivity index (χ1n) is 8.33. The summed E-state index contributed by atoms with van der Waals surface area (Å²) in [7, 11) is -3.62. The van der Waals surface area contributed by atoms with Gasteiger partial charge in [0.1, 0.15) is 12.4 Å². The van der Waals surface area contributed by atoms with Crippen molar-refractivity contribution in [3.63, 3.8) is 0 Å². The zero-order valence-electron chi connectivity index (χ0n) is 14.2. The van der Waals surface area contributed by atoms with Crippen LogP contribution in [0.15, 0.2) is 51.8 Å². The Morgan fingerprint density at radius 1 is 1.19 bits per heavy atom. The van der Waals surface area contributed by atoms with E-state index in [2.05, 4.69) is 26.0 Å². The molecule has 27 heavy (non-hydrogen) atoms. The molecule has 1 saturated carbocycles. The highest BCUT2D eigenvalue weighted by Gasteiger charge is 2.28. The van der Waals surface area contributed by atoms with Crippen LogP contribution in [0.25, 0.3) is 0 Å². The van der Waals surface area contributed by atoms with Crippen LogP contribution in [0, 0.1) is 0 Å². The topological polar surface area (TPSA) is 84.5 Å². The third kappa shape index (κ3) is 5.68. The molecule has 0 aromatic heterocycles. The van der Waals surface area contributed by atoms with Crippen molar-refractivity contribution in [1.29, 1.82) is 0 Å². The lowest BCUT2D eigenvalue weighted by atomic mass is 10.2. The van der Waals surface area contributed by atoms with E-state index in [1.54, 1.807) is 30.3 Å². The van der Waals surface area contributed by atoms with Crippen molar-refractivity contribution in [2.45, 2.75) is 23.8 Å².